The van der Waals surface area contributed by atoms with Gasteiger partial charge in [-0.25, -0.2) is 0 Å². The van der Waals surface area contributed by atoms with Gasteiger partial charge in [0.1, 0.15) is 0 Å². The summed E-state index contributed by atoms with van der Waals surface area (Å²) < 4.78 is 0. The number of carbonyl (C=O) groups is 1. The second kappa shape index (κ2) is 5.73. The van der Waals surface area contributed by atoms with Crippen LogP contribution >= 0.6 is 11.3 Å². The predicted octanol–water partition coefficient (Wildman–Crippen LogP) is 3.95. The fourth-order valence-corrected chi connectivity index (χ4v) is 4.88. The molecule has 0 bridgehead atoms. The molecule has 4 heteroatoms. The number of nitrogens with zero attached hydrogens (tertiary/aromatic N) is 1. The zero-order valence-electron chi connectivity index (χ0n) is 13.0. The van der Waals surface area contributed by atoms with Crippen LogP contribution in [-0.2, 0) is 11.2 Å². The van der Waals surface area contributed by atoms with Gasteiger partial charge in [-0.1, -0.05) is 6.92 Å². The van der Waals surface area contributed by atoms with Crippen molar-refractivity contribution in [2.45, 2.75) is 52.0 Å². The molecule has 1 aromatic rings. The van der Waals surface area contributed by atoms with Crippen LogP contribution in [-0.4, -0.2) is 29.1 Å². The molecule has 0 radical (unpaired) electrons. The van der Waals surface area contributed by atoms with Crippen molar-refractivity contribution < 1.29 is 9.90 Å². The van der Waals surface area contributed by atoms with Crippen LogP contribution < -0.4 is 0 Å². The van der Waals surface area contributed by atoms with Gasteiger partial charge < -0.3 is 5.11 Å². The maximum Gasteiger partial charge on any atom is 0.310 e. The molecule has 1 aliphatic carbocycles. The van der Waals surface area contributed by atoms with Crippen LogP contribution in [0, 0.1) is 11.3 Å². The summed E-state index contributed by atoms with van der Waals surface area (Å²) >= 11 is 1.84. The molecule has 1 aliphatic heterocycles. The first-order valence-electron chi connectivity index (χ1n) is 8.05. The Bertz CT molecular complexity index is 517. The molecule has 1 unspecified atom stereocenters. The topological polar surface area (TPSA) is 40.5 Å². The molecule has 2 aliphatic rings. The fraction of sp³-hybridized carbons (Fsp3) is 0.706. The van der Waals surface area contributed by atoms with E-state index in [2.05, 4.69) is 30.2 Å². The van der Waals surface area contributed by atoms with Crippen LogP contribution in [0.15, 0.2) is 11.4 Å². The molecular formula is C17H25NO2S. The number of aliphatic carboxylic acids is 1. The average Bonchev–Trinajstić information content (AvgIpc) is 2.93. The van der Waals surface area contributed by atoms with Crippen molar-refractivity contribution in [3.8, 4) is 0 Å². The lowest BCUT2D eigenvalue weighted by Gasteiger charge is -2.43. The van der Waals surface area contributed by atoms with E-state index in [1.54, 1.807) is 0 Å². The number of fused-ring (bicyclic) bond motifs is 1. The fourth-order valence-electron chi connectivity index (χ4n) is 3.92. The molecule has 3 rings (SSSR count). The smallest absolute Gasteiger partial charge is 0.310 e. The maximum absolute atomic E-state index is 11.9. The van der Waals surface area contributed by atoms with Crippen molar-refractivity contribution in [1.82, 2.24) is 4.90 Å². The first-order valence-corrected chi connectivity index (χ1v) is 8.93. The van der Waals surface area contributed by atoms with Crippen LogP contribution in [0.1, 0.15) is 56.0 Å². The zero-order chi connectivity index (χ0) is 15.0. The first kappa shape index (κ1) is 15.0. The molecule has 2 heterocycles. The minimum atomic E-state index is -0.585. The van der Waals surface area contributed by atoms with Gasteiger partial charge in [0, 0.05) is 24.0 Å². The highest BCUT2D eigenvalue weighted by Gasteiger charge is 2.43. The molecule has 0 spiro atoms. The highest BCUT2D eigenvalue weighted by Crippen LogP contribution is 2.42. The molecule has 1 saturated carbocycles. The minimum Gasteiger partial charge on any atom is -0.481 e. The summed E-state index contributed by atoms with van der Waals surface area (Å²) in [7, 11) is 0. The van der Waals surface area contributed by atoms with Crippen LogP contribution in [0.25, 0.3) is 0 Å². The number of thiophene rings is 1. The first-order chi connectivity index (χ1) is 10.0. The Morgan fingerprint density at radius 2 is 2.14 bits per heavy atom. The van der Waals surface area contributed by atoms with E-state index in [-0.39, 0.29) is 0 Å². The number of carboxylic acid groups (broad SMARTS) is 1. The maximum atomic E-state index is 11.9. The van der Waals surface area contributed by atoms with Gasteiger partial charge >= 0.3 is 5.97 Å². The highest BCUT2D eigenvalue weighted by atomic mass is 32.1. The number of carboxylic acids is 1. The van der Waals surface area contributed by atoms with Gasteiger partial charge in [0.2, 0.25) is 0 Å². The van der Waals surface area contributed by atoms with Crippen molar-refractivity contribution in [1.29, 1.82) is 0 Å². The average molecular weight is 307 g/mol. The Balaban J connectivity index is 1.77. The molecule has 21 heavy (non-hydrogen) atoms. The molecule has 3 nitrogen and oxygen atoms in total. The predicted molar refractivity (Wildman–Crippen MR) is 85.7 cm³/mol. The quantitative estimate of drug-likeness (QED) is 0.919. The van der Waals surface area contributed by atoms with Gasteiger partial charge in [-0.2, -0.15) is 0 Å². The largest absolute Gasteiger partial charge is 0.481 e. The highest BCUT2D eigenvalue weighted by molar-refractivity contribution is 7.10. The lowest BCUT2D eigenvalue weighted by molar-refractivity contribution is -0.153. The van der Waals surface area contributed by atoms with Gasteiger partial charge in [0.25, 0.3) is 0 Å². The van der Waals surface area contributed by atoms with Gasteiger partial charge in [-0.15, -0.1) is 11.3 Å². The Morgan fingerprint density at radius 1 is 1.43 bits per heavy atom. The van der Waals surface area contributed by atoms with Crippen molar-refractivity contribution in [2.75, 3.05) is 13.1 Å². The molecular weight excluding hydrogens is 282 g/mol. The number of rotatable bonds is 3. The van der Waals surface area contributed by atoms with Crippen LogP contribution in [0.2, 0.25) is 0 Å². The lowest BCUT2D eigenvalue weighted by atomic mass is 9.70. The Morgan fingerprint density at radius 3 is 2.81 bits per heavy atom. The minimum absolute atomic E-state index is 0.357. The monoisotopic (exact) mass is 307 g/mol. The Hall–Kier alpha value is -0.870. The van der Waals surface area contributed by atoms with Crippen LogP contribution in [0.5, 0.6) is 0 Å². The van der Waals surface area contributed by atoms with E-state index in [0.717, 1.165) is 38.6 Å². The molecule has 116 valence electrons. The summed E-state index contributed by atoms with van der Waals surface area (Å²) in [5, 5.41) is 12.0. The van der Waals surface area contributed by atoms with Crippen molar-refractivity contribution in [2.24, 2.45) is 11.3 Å². The van der Waals surface area contributed by atoms with E-state index < -0.39 is 11.4 Å². The molecule has 1 aromatic heterocycles. The Labute approximate surface area is 131 Å². The number of hydrogen-bond acceptors (Lipinski definition) is 3. The summed E-state index contributed by atoms with van der Waals surface area (Å²) in [4.78, 5) is 15.8. The summed E-state index contributed by atoms with van der Waals surface area (Å²) in [6.45, 7) is 6.18. The lowest BCUT2D eigenvalue weighted by Crippen LogP contribution is -2.47. The molecule has 0 aromatic carbocycles. The normalized spacial score (nSPS) is 33.6. The van der Waals surface area contributed by atoms with E-state index in [0.29, 0.717) is 18.5 Å². The van der Waals surface area contributed by atoms with E-state index in [1.807, 2.05) is 11.3 Å². The van der Waals surface area contributed by atoms with Crippen molar-refractivity contribution in [3.05, 3.63) is 21.9 Å². The molecule has 1 N–H and O–H groups in total. The summed E-state index contributed by atoms with van der Waals surface area (Å²) in [5.41, 5.74) is 0.893. The summed E-state index contributed by atoms with van der Waals surface area (Å²) in [6.07, 6.45) is 4.85. The third-order valence-electron chi connectivity index (χ3n) is 5.59. The zero-order valence-corrected chi connectivity index (χ0v) is 13.8. The third-order valence-corrected chi connectivity index (χ3v) is 6.59. The van der Waals surface area contributed by atoms with Crippen molar-refractivity contribution >= 4 is 17.3 Å². The molecule has 1 fully saturated rings. The second-order valence-corrected chi connectivity index (χ2v) is 7.96. The third kappa shape index (κ3) is 2.76. The summed E-state index contributed by atoms with van der Waals surface area (Å²) in [5.74, 6) is 0.0949. The van der Waals surface area contributed by atoms with Gasteiger partial charge in [0.15, 0.2) is 0 Å². The van der Waals surface area contributed by atoms with Crippen LogP contribution in [0.4, 0.5) is 0 Å². The van der Waals surface area contributed by atoms with E-state index in [9.17, 15) is 9.90 Å². The van der Waals surface area contributed by atoms with E-state index in [4.69, 9.17) is 0 Å². The number of hydrogen-bond donors (Lipinski definition) is 1. The SMILES string of the molecule is CC1CCC(CN2CCc3sccc3C2C)(C(=O)O)CC1. The Kier molecular flexibility index (Phi) is 4.10. The van der Waals surface area contributed by atoms with Crippen LogP contribution in [0.3, 0.4) is 0 Å². The van der Waals surface area contributed by atoms with Gasteiger partial charge in [-0.3, -0.25) is 9.69 Å². The molecule has 0 saturated heterocycles. The van der Waals surface area contributed by atoms with E-state index >= 15 is 0 Å². The summed E-state index contributed by atoms with van der Waals surface area (Å²) in [6, 6.07) is 2.57. The van der Waals surface area contributed by atoms with Crippen molar-refractivity contribution in [3.63, 3.8) is 0 Å². The molecule has 1 atom stereocenters. The second-order valence-electron chi connectivity index (χ2n) is 6.96. The van der Waals surface area contributed by atoms with Gasteiger partial charge in [-0.05, 0) is 62.0 Å². The molecule has 0 amide bonds. The van der Waals surface area contributed by atoms with Gasteiger partial charge in [0.05, 0.1) is 5.41 Å². The standard InChI is InChI=1S/C17H25NO2S/c1-12-3-7-17(8-4-12,16(19)20)11-18-9-5-15-14(13(18)2)6-10-21-15/h6,10,12-13H,3-5,7-9,11H2,1-2H3,(H,19,20). The van der Waals surface area contributed by atoms with E-state index in [1.165, 1.54) is 10.4 Å².